The van der Waals surface area contributed by atoms with Crippen LogP contribution in [0.2, 0.25) is 0 Å². The Bertz CT molecular complexity index is 3520. The molecule has 0 amide bonds. The normalized spacial score (nSPS) is 12.8. The topological polar surface area (TPSA) is 34.2 Å². The van der Waals surface area contributed by atoms with E-state index in [1.807, 2.05) is 36.4 Å². The number of para-hydroxylation sites is 1. The highest BCUT2D eigenvalue weighted by atomic mass is 16.3. The van der Waals surface area contributed by atoms with Crippen molar-refractivity contribution in [1.82, 2.24) is 9.55 Å². The predicted octanol–water partition coefficient (Wildman–Crippen LogP) is 15.9. The predicted molar refractivity (Wildman–Crippen MR) is 256 cm³/mol. The molecule has 0 saturated heterocycles. The number of nitrogens with zero attached hydrogens (tertiary/aromatic N) is 3. The number of benzene rings is 9. The zero-order valence-corrected chi connectivity index (χ0v) is 33.4. The molecule has 0 spiro atoms. The Morgan fingerprint density at radius 2 is 1.10 bits per heavy atom. The molecule has 288 valence electrons. The van der Waals surface area contributed by atoms with Gasteiger partial charge >= 0.3 is 0 Å². The van der Waals surface area contributed by atoms with Gasteiger partial charge in [0, 0.05) is 44.5 Å². The summed E-state index contributed by atoms with van der Waals surface area (Å²) >= 11 is 0. The fourth-order valence-electron chi connectivity index (χ4n) is 9.19. The van der Waals surface area contributed by atoms with Gasteiger partial charge in [0.05, 0.1) is 11.0 Å². The van der Waals surface area contributed by atoms with Crippen molar-refractivity contribution in [3.63, 3.8) is 0 Å². The molecular weight excluding hydrogens is 743 g/mol. The van der Waals surface area contributed by atoms with Crippen LogP contribution in [0.5, 0.6) is 0 Å². The van der Waals surface area contributed by atoms with Crippen LogP contribution in [-0.2, 0) is 0 Å². The van der Waals surface area contributed by atoms with E-state index in [-0.39, 0.29) is 0 Å². The number of aromatic nitrogens is 2. The first kappa shape index (κ1) is 35.0. The zero-order valence-electron chi connectivity index (χ0n) is 33.4. The molecule has 0 bridgehead atoms. The number of fused-ring (bicyclic) bond motifs is 7. The van der Waals surface area contributed by atoms with Gasteiger partial charge in [-0.15, -0.1) is 0 Å². The summed E-state index contributed by atoms with van der Waals surface area (Å²) in [6, 6.07) is 69.8. The van der Waals surface area contributed by atoms with Gasteiger partial charge in [0.2, 0.25) is 5.89 Å². The number of hydrogen-bond donors (Lipinski definition) is 0. The lowest BCUT2D eigenvalue weighted by Crippen LogP contribution is -2.10. The fourth-order valence-corrected chi connectivity index (χ4v) is 9.19. The van der Waals surface area contributed by atoms with Gasteiger partial charge in [-0.25, -0.2) is 4.98 Å². The SMILES string of the molecule is C1=CCCC(n2c3ccccc3c3ccc(N(c4ccc(-c5ccc6ccccc6c5)cc4)c4ccc(-c5ccc6ccc7nc(-c8ccccc8)oc7c6c5)cc4)cc32)=C1. The van der Waals surface area contributed by atoms with Crippen LogP contribution in [0.15, 0.2) is 217 Å². The average Bonchev–Trinajstić information content (AvgIpc) is 3.92. The van der Waals surface area contributed by atoms with Crippen LogP contribution in [0.4, 0.5) is 17.1 Å². The molecule has 61 heavy (non-hydrogen) atoms. The molecule has 1 aliphatic carbocycles. The lowest BCUT2D eigenvalue weighted by Gasteiger charge is -2.26. The third-order valence-electron chi connectivity index (χ3n) is 12.3. The van der Waals surface area contributed by atoms with Gasteiger partial charge in [-0.05, 0) is 130 Å². The largest absolute Gasteiger partial charge is 0.435 e. The van der Waals surface area contributed by atoms with Crippen molar-refractivity contribution < 1.29 is 4.42 Å². The summed E-state index contributed by atoms with van der Waals surface area (Å²) in [4.78, 5) is 7.22. The third-order valence-corrected chi connectivity index (χ3v) is 12.3. The summed E-state index contributed by atoms with van der Waals surface area (Å²) < 4.78 is 8.90. The molecule has 0 atom stereocenters. The van der Waals surface area contributed by atoms with E-state index in [9.17, 15) is 0 Å². The van der Waals surface area contributed by atoms with Gasteiger partial charge in [0.25, 0.3) is 0 Å². The number of hydrogen-bond acceptors (Lipinski definition) is 3. The van der Waals surface area contributed by atoms with Crippen molar-refractivity contribution >= 4 is 77.2 Å². The average molecular weight is 782 g/mol. The van der Waals surface area contributed by atoms with Gasteiger partial charge in [0.1, 0.15) is 5.52 Å². The van der Waals surface area contributed by atoms with Crippen LogP contribution in [0.3, 0.4) is 0 Å². The van der Waals surface area contributed by atoms with Crippen LogP contribution in [-0.4, -0.2) is 9.55 Å². The first-order chi connectivity index (χ1) is 30.2. The van der Waals surface area contributed by atoms with Crippen molar-refractivity contribution in [3.8, 4) is 33.7 Å². The Morgan fingerprint density at radius 3 is 1.87 bits per heavy atom. The molecule has 0 radical (unpaired) electrons. The van der Waals surface area contributed by atoms with Crippen LogP contribution >= 0.6 is 0 Å². The molecule has 4 heteroatoms. The Labute approximate surface area is 353 Å². The molecule has 0 unspecified atom stereocenters. The lowest BCUT2D eigenvalue weighted by molar-refractivity contribution is 0.623. The van der Waals surface area contributed by atoms with E-state index < -0.39 is 0 Å². The monoisotopic (exact) mass is 781 g/mol. The van der Waals surface area contributed by atoms with E-state index in [0.717, 1.165) is 68.5 Å². The van der Waals surface area contributed by atoms with E-state index >= 15 is 0 Å². The first-order valence-corrected chi connectivity index (χ1v) is 21.0. The molecule has 9 aromatic carbocycles. The molecule has 0 aliphatic heterocycles. The minimum absolute atomic E-state index is 0.633. The quantitative estimate of drug-likeness (QED) is 0.161. The Balaban J connectivity index is 0.971. The summed E-state index contributed by atoms with van der Waals surface area (Å²) in [6.45, 7) is 0. The highest BCUT2D eigenvalue weighted by Gasteiger charge is 2.19. The molecule has 4 nitrogen and oxygen atoms in total. The smallest absolute Gasteiger partial charge is 0.227 e. The number of oxazole rings is 1. The van der Waals surface area contributed by atoms with E-state index in [0.29, 0.717) is 5.89 Å². The van der Waals surface area contributed by atoms with Crippen LogP contribution < -0.4 is 4.90 Å². The maximum atomic E-state index is 6.43. The maximum absolute atomic E-state index is 6.43. The molecular formula is C57H39N3O. The molecule has 0 fully saturated rings. The summed E-state index contributed by atoms with van der Waals surface area (Å²) in [5, 5.41) is 7.18. The summed E-state index contributed by atoms with van der Waals surface area (Å²) in [5.41, 5.74) is 14.3. The van der Waals surface area contributed by atoms with Crippen molar-refractivity contribution in [2.45, 2.75) is 12.8 Å². The molecule has 2 aromatic heterocycles. The van der Waals surface area contributed by atoms with Crippen molar-refractivity contribution in [1.29, 1.82) is 0 Å². The molecule has 12 rings (SSSR count). The van der Waals surface area contributed by atoms with E-state index in [4.69, 9.17) is 9.40 Å². The van der Waals surface area contributed by atoms with Crippen molar-refractivity contribution in [3.05, 3.63) is 212 Å². The Morgan fingerprint density at radius 1 is 0.459 bits per heavy atom. The summed E-state index contributed by atoms with van der Waals surface area (Å²) in [5.74, 6) is 0.633. The van der Waals surface area contributed by atoms with Crippen LogP contribution in [0.1, 0.15) is 12.8 Å². The van der Waals surface area contributed by atoms with E-state index in [1.54, 1.807) is 0 Å². The molecule has 2 heterocycles. The highest BCUT2D eigenvalue weighted by molar-refractivity contribution is 6.11. The second-order valence-corrected chi connectivity index (χ2v) is 15.9. The zero-order chi connectivity index (χ0) is 40.3. The summed E-state index contributed by atoms with van der Waals surface area (Å²) in [6.07, 6.45) is 8.76. The van der Waals surface area contributed by atoms with Crippen molar-refractivity contribution in [2.75, 3.05) is 4.90 Å². The Hall–Kier alpha value is -7.95. The van der Waals surface area contributed by atoms with Crippen LogP contribution in [0.25, 0.3) is 93.9 Å². The van der Waals surface area contributed by atoms with Gasteiger partial charge in [-0.3, -0.25) is 0 Å². The lowest BCUT2D eigenvalue weighted by atomic mass is 9.99. The van der Waals surface area contributed by atoms with E-state index in [2.05, 4.69) is 185 Å². The first-order valence-electron chi connectivity index (χ1n) is 21.0. The van der Waals surface area contributed by atoms with Gasteiger partial charge < -0.3 is 13.9 Å². The molecule has 11 aromatic rings. The number of allylic oxidation sites excluding steroid dienone is 4. The standard InChI is InChI=1S/C57H39N3O/c1-3-12-42(13-4-1)57-58-53-34-27-41-20-22-45(36-52(41)56(53)61-57)40-25-30-48(31-26-40)59(47-28-23-39(24-29-47)44-21-19-38-11-7-8-14-43(38)35-44)49-32-33-51-50-17-9-10-18-54(50)60(55(51)37-49)46-15-5-2-6-16-46/h1-5,7-15,17-37H,6,16H2. The van der Waals surface area contributed by atoms with Gasteiger partial charge in [-0.1, -0.05) is 133 Å². The minimum atomic E-state index is 0.633. The third kappa shape index (κ3) is 6.11. The molecule has 0 saturated carbocycles. The van der Waals surface area contributed by atoms with Crippen molar-refractivity contribution in [2.24, 2.45) is 0 Å². The minimum Gasteiger partial charge on any atom is -0.435 e. The Kier molecular flexibility index (Phi) is 8.27. The van der Waals surface area contributed by atoms with E-state index in [1.165, 1.54) is 49.4 Å². The highest BCUT2D eigenvalue weighted by Crippen LogP contribution is 2.42. The number of anilines is 3. The van der Waals surface area contributed by atoms with Gasteiger partial charge in [-0.2, -0.15) is 0 Å². The number of rotatable bonds is 7. The van der Waals surface area contributed by atoms with Crippen LogP contribution in [0, 0.1) is 0 Å². The molecule has 1 aliphatic rings. The fraction of sp³-hybridized carbons (Fsp3) is 0.0351. The second kappa shape index (κ2) is 14.4. The maximum Gasteiger partial charge on any atom is 0.227 e. The van der Waals surface area contributed by atoms with Gasteiger partial charge in [0.15, 0.2) is 5.58 Å². The second-order valence-electron chi connectivity index (χ2n) is 15.9. The summed E-state index contributed by atoms with van der Waals surface area (Å²) in [7, 11) is 0. The molecule has 0 N–H and O–H groups in total.